The third kappa shape index (κ3) is 5.17. The zero-order valence-corrected chi connectivity index (χ0v) is 14.3. The van der Waals surface area contributed by atoms with Crippen molar-refractivity contribution in [2.45, 2.75) is 52.3 Å². The Labute approximate surface area is 133 Å². The van der Waals surface area contributed by atoms with Gasteiger partial charge in [0.2, 0.25) is 0 Å². The summed E-state index contributed by atoms with van der Waals surface area (Å²) in [6, 6.07) is 6.38. The summed E-state index contributed by atoms with van der Waals surface area (Å²) in [5.74, 6) is 0. The van der Waals surface area contributed by atoms with Crippen molar-refractivity contribution in [3.05, 3.63) is 28.8 Å². The monoisotopic (exact) mass is 310 g/mol. The van der Waals surface area contributed by atoms with Crippen molar-refractivity contribution < 1.29 is 4.74 Å². The minimum Gasteiger partial charge on any atom is -0.377 e. The Balaban J connectivity index is 2.07. The quantitative estimate of drug-likeness (QED) is 0.918. The molecule has 0 spiro atoms. The van der Waals surface area contributed by atoms with Gasteiger partial charge in [0.15, 0.2) is 0 Å². The number of benzene rings is 1. The van der Waals surface area contributed by atoms with Crippen molar-refractivity contribution in [2.24, 2.45) is 0 Å². The molecule has 1 atom stereocenters. The van der Waals surface area contributed by atoms with E-state index in [1.165, 1.54) is 5.56 Å². The van der Waals surface area contributed by atoms with Gasteiger partial charge in [-0.2, -0.15) is 0 Å². The van der Waals surface area contributed by atoms with Gasteiger partial charge in [0, 0.05) is 31.8 Å². The predicted molar refractivity (Wildman–Crippen MR) is 90.3 cm³/mol. The fourth-order valence-corrected chi connectivity index (χ4v) is 2.82. The number of hydrogen-bond donors (Lipinski definition) is 1. The van der Waals surface area contributed by atoms with Gasteiger partial charge in [-0.1, -0.05) is 17.7 Å². The highest BCUT2D eigenvalue weighted by Crippen LogP contribution is 2.28. The van der Waals surface area contributed by atoms with Gasteiger partial charge >= 0.3 is 0 Å². The summed E-state index contributed by atoms with van der Waals surface area (Å²) >= 11 is 6.50. The van der Waals surface area contributed by atoms with Crippen LogP contribution in [-0.4, -0.2) is 31.3 Å². The maximum Gasteiger partial charge on any atom is 0.0721 e. The fourth-order valence-electron chi connectivity index (χ4n) is 2.50. The third-order valence-corrected chi connectivity index (χ3v) is 3.93. The normalized spacial score (nSPS) is 20.4. The summed E-state index contributed by atoms with van der Waals surface area (Å²) in [4.78, 5) is 2.33. The second-order valence-electron chi connectivity index (χ2n) is 6.87. The largest absolute Gasteiger partial charge is 0.377 e. The summed E-state index contributed by atoms with van der Waals surface area (Å²) in [5.41, 5.74) is 2.45. The highest BCUT2D eigenvalue weighted by Gasteiger charge is 2.18. The molecule has 0 radical (unpaired) electrons. The van der Waals surface area contributed by atoms with E-state index in [9.17, 15) is 0 Å². The van der Waals surface area contributed by atoms with Crippen LogP contribution in [0.4, 0.5) is 5.69 Å². The summed E-state index contributed by atoms with van der Waals surface area (Å²) < 4.78 is 5.70. The molecule has 21 heavy (non-hydrogen) atoms. The van der Waals surface area contributed by atoms with Crippen molar-refractivity contribution >= 4 is 17.3 Å². The molecular formula is C17H27ClN2O. The first-order chi connectivity index (χ1) is 9.85. The Bertz CT molecular complexity index is 470. The number of halogens is 1. The minimum absolute atomic E-state index is 0.114. The van der Waals surface area contributed by atoms with E-state index >= 15 is 0 Å². The summed E-state index contributed by atoms with van der Waals surface area (Å²) in [6.07, 6.45) is 1.30. The zero-order valence-electron chi connectivity index (χ0n) is 13.6. The average molecular weight is 311 g/mol. The lowest BCUT2D eigenvalue weighted by molar-refractivity contribution is 0.0821. The van der Waals surface area contributed by atoms with E-state index in [-0.39, 0.29) is 11.6 Å². The van der Waals surface area contributed by atoms with Crippen LogP contribution in [-0.2, 0) is 11.3 Å². The number of ether oxygens (including phenoxy) is 1. The van der Waals surface area contributed by atoms with E-state index in [2.05, 4.69) is 56.1 Å². The van der Waals surface area contributed by atoms with Crippen LogP contribution in [0.5, 0.6) is 0 Å². The second-order valence-corrected chi connectivity index (χ2v) is 7.28. The zero-order chi connectivity index (χ0) is 15.5. The van der Waals surface area contributed by atoms with Crippen LogP contribution in [0.25, 0.3) is 0 Å². The summed E-state index contributed by atoms with van der Waals surface area (Å²) in [6.45, 7) is 12.2. The average Bonchev–Trinajstić information content (AvgIpc) is 2.60. The molecule has 0 amide bonds. The molecule has 1 aromatic carbocycles. The van der Waals surface area contributed by atoms with Crippen molar-refractivity contribution in [1.82, 2.24) is 5.32 Å². The third-order valence-electron chi connectivity index (χ3n) is 3.63. The summed E-state index contributed by atoms with van der Waals surface area (Å²) in [5, 5.41) is 4.32. The van der Waals surface area contributed by atoms with Crippen LogP contribution in [0.3, 0.4) is 0 Å². The van der Waals surface area contributed by atoms with E-state index in [1.54, 1.807) is 0 Å². The fraction of sp³-hybridized carbons (Fsp3) is 0.647. The van der Waals surface area contributed by atoms with Gasteiger partial charge in [0.25, 0.3) is 0 Å². The number of nitrogens with one attached hydrogen (secondary N) is 1. The predicted octanol–water partition coefficient (Wildman–Crippen LogP) is 3.84. The maximum atomic E-state index is 6.50. The standard InChI is InChI=1S/C17H27ClN2O/c1-13-12-20(8-5-9-21-13)16-7-6-14(10-15(16)18)11-19-17(2,3)4/h6-7,10,13,19H,5,8-9,11-12H2,1-4H3. The Morgan fingerprint density at radius 1 is 1.38 bits per heavy atom. The molecule has 1 aliphatic heterocycles. The maximum absolute atomic E-state index is 6.50. The molecule has 2 rings (SSSR count). The van der Waals surface area contributed by atoms with Gasteiger partial charge in [-0.3, -0.25) is 0 Å². The van der Waals surface area contributed by atoms with Gasteiger partial charge in [0.05, 0.1) is 16.8 Å². The molecule has 1 heterocycles. The molecular weight excluding hydrogens is 284 g/mol. The first-order valence-corrected chi connectivity index (χ1v) is 8.13. The number of rotatable bonds is 3. The SMILES string of the molecule is CC1CN(c2ccc(CNC(C)(C)C)cc2Cl)CCCO1. The molecule has 1 saturated heterocycles. The highest BCUT2D eigenvalue weighted by molar-refractivity contribution is 6.33. The summed E-state index contributed by atoms with van der Waals surface area (Å²) in [7, 11) is 0. The van der Waals surface area contributed by atoms with Crippen LogP contribution < -0.4 is 10.2 Å². The molecule has 1 N–H and O–H groups in total. The molecule has 3 nitrogen and oxygen atoms in total. The molecule has 1 aromatic rings. The molecule has 0 saturated carbocycles. The van der Waals surface area contributed by atoms with Crippen molar-refractivity contribution in [2.75, 3.05) is 24.6 Å². The topological polar surface area (TPSA) is 24.5 Å². The smallest absolute Gasteiger partial charge is 0.0721 e. The van der Waals surface area contributed by atoms with Crippen LogP contribution in [0.1, 0.15) is 39.7 Å². The van der Waals surface area contributed by atoms with Gasteiger partial charge in [-0.15, -0.1) is 0 Å². The van der Waals surface area contributed by atoms with Crippen molar-refractivity contribution in [3.8, 4) is 0 Å². The van der Waals surface area contributed by atoms with E-state index in [4.69, 9.17) is 16.3 Å². The number of anilines is 1. The molecule has 0 bridgehead atoms. The number of nitrogens with zero attached hydrogens (tertiary/aromatic N) is 1. The van der Waals surface area contributed by atoms with Crippen LogP contribution in [0, 0.1) is 0 Å². The van der Waals surface area contributed by atoms with E-state index < -0.39 is 0 Å². The first kappa shape index (κ1) is 16.6. The lowest BCUT2D eigenvalue weighted by Gasteiger charge is -2.26. The number of hydrogen-bond acceptors (Lipinski definition) is 3. The highest BCUT2D eigenvalue weighted by atomic mass is 35.5. The van der Waals surface area contributed by atoms with Gasteiger partial charge in [0.1, 0.15) is 0 Å². The Morgan fingerprint density at radius 2 is 2.14 bits per heavy atom. The minimum atomic E-state index is 0.114. The molecule has 0 aliphatic carbocycles. The lowest BCUT2D eigenvalue weighted by atomic mass is 10.1. The van der Waals surface area contributed by atoms with E-state index in [1.807, 2.05) is 0 Å². The molecule has 1 unspecified atom stereocenters. The molecule has 1 fully saturated rings. The van der Waals surface area contributed by atoms with Gasteiger partial charge < -0.3 is 15.0 Å². The Morgan fingerprint density at radius 3 is 2.81 bits per heavy atom. The van der Waals surface area contributed by atoms with Crippen molar-refractivity contribution in [3.63, 3.8) is 0 Å². The van der Waals surface area contributed by atoms with Crippen molar-refractivity contribution in [1.29, 1.82) is 0 Å². The van der Waals surface area contributed by atoms with Gasteiger partial charge in [-0.25, -0.2) is 0 Å². The molecule has 118 valence electrons. The molecule has 0 aromatic heterocycles. The van der Waals surface area contributed by atoms with E-state index in [0.29, 0.717) is 0 Å². The van der Waals surface area contributed by atoms with E-state index in [0.717, 1.165) is 43.4 Å². The van der Waals surface area contributed by atoms with Crippen LogP contribution in [0.15, 0.2) is 18.2 Å². The molecule has 4 heteroatoms. The van der Waals surface area contributed by atoms with Crippen LogP contribution in [0.2, 0.25) is 5.02 Å². The first-order valence-electron chi connectivity index (χ1n) is 7.75. The Hall–Kier alpha value is -0.770. The lowest BCUT2D eigenvalue weighted by Crippen LogP contribution is -2.35. The van der Waals surface area contributed by atoms with Crippen LogP contribution >= 0.6 is 11.6 Å². The van der Waals surface area contributed by atoms with Gasteiger partial charge in [-0.05, 0) is 51.8 Å². The molecule has 1 aliphatic rings. The second kappa shape index (κ2) is 6.99. The Kier molecular flexibility index (Phi) is 5.53.